The van der Waals surface area contributed by atoms with Gasteiger partial charge in [-0.25, -0.2) is 0 Å². The summed E-state index contributed by atoms with van der Waals surface area (Å²) in [4.78, 5) is 21.8. The second-order valence-corrected chi connectivity index (χ2v) is 3.95. The fourth-order valence-electron chi connectivity index (χ4n) is 0.978. The zero-order valence-electron chi connectivity index (χ0n) is 10.4. The second kappa shape index (κ2) is 6.67. The Hall–Kier alpha value is -1.41. The van der Waals surface area contributed by atoms with E-state index in [9.17, 15) is 31.5 Å². The van der Waals surface area contributed by atoms with Crippen molar-refractivity contribution in [2.24, 2.45) is 0 Å². The molecule has 2 N–H and O–H groups in total. The van der Waals surface area contributed by atoms with Gasteiger partial charge < -0.3 is 10.6 Å². The van der Waals surface area contributed by atoms with Gasteiger partial charge in [-0.1, -0.05) is 6.92 Å². The van der Waals surface area contributed by atoms with Gasteiger partial charge in [0.2, 0.25) is 5.91 Å². The number of hydrogen-bond acceptors (Lipinski definition) is 2. The van der Waals surface area contributed by atoms with Crippen LogP contribution in [0.15, 0.2) is 0 Å². The van der Waals surface area contributed by atoms with Gasteiger partial charge in [-0.2, -0.15) is 22.0 Å². The molecule has 0 fully saturated rings. The quantitative estimate of drug-likeness (QED) is 0.730. The van der Waals surface area contributed by atoms with Crippen LogP contribution in [0.1, 0.15) is 26.7 Å². The highest BCUT2D eigenvalue weighted by molar-refractivity contribution is 5.85. The first-order valence-electron chi connectivity index (χ1n) is 5.54. The van der Waals surface area contributed by atoms with Crippen molar-refractivity contribution >= 4 is 11.8 Å². The highest BCUT2D eigenvalue weighted by atomic mass is 19.4. The van der Waals surface area contributed by atoms with E-state index in [1.54, 1.807) is 13.8 Å². The zero-order chi connectivity index (χ0) is 15.3. The zero-order valence-corrected chi connectivity index (χ0v) is 10.4. The van der Waals surface area contributed by atoms with E-state index in [1.165, 1.54) is 5.32 Å². The number of nitrogens with one attached hydrogen (secondary N) is 2. The maximum absolute atomic E-state index is 12.5. The molecule has 1 unspecified atom stereocenters. The van der Waals surface area contributed by atoms with E-state index in [-0.39, 0.29) is 12.5 Å². The van der Waals surface area contributed by atoms with Crippen molar-refractivity contribution in [2.75, 3.05) is 6.54 Å². The van der Waals surface area contributed by atoms with Crippen LogP contribution < -0.4 is 10.6 Å². The van der Waals surface area contributed by atoms with Crippen LogP contribution in [0.3, 0.4) is 0 Å². The molecule has 0 rings (SSSR count). The van der Waals surface area contributed by atoms with Crippen molar-refractivity contribution in [3.63, 3.8) is 0 Å². The van der Waals surface area contributed by atoms with Crippen LogP contribution in [0.2, 0.25) is 0 Å². The maximum Gasteiger partial charge on any atom is 0.463 e. The van der Waals surface area contributed by atoms with Crippen LogP contribution in [-0.4, -0.2) is 36.5 Å². The van der Waals surface area contributed by atoms with E-state index in [2.05, 4.69) is 5.32 Å². The molecule has 0 saturated carbocycles. The van der Waals surface area contributed by atoms with Gasteiger partial charge in [0.05, 0.1) is 0 Å². The molecule has 0 aliphatic rings. The number of alkyl halides is 5. The number of hydrogen-bond donors (Lipinski definition) is 2. The average Bonchev–Trinajstić information content (AvgIpc) is 2.26. The van der Waals surface area contributed by atoms with Gasteiger partial charge in [0, 0.05) is 19.0 Å². The lowest BCUT2D eigenvalue weighted by atomic mass is 10.2. The highest BCUT2D eigenvalue weighted by Crippen LogP contribution is 2.35. The van der Waals surface area contributed by atoms with Crippen LogP contribution in [0.5, 0.6) is 0 Å². The van der Waals surface area contributed by atoms with Gasteiger partial charge >= 0.3 is 12.1 Å². The predicted molar refractivity (Wildman–Crippen MR) is 56.5 cm³/mol. The number of amides is 2. The van der Waals surface area contributed by atoms with Gasteiger partial charge in [0.1, 0.15) is 0 Å². The third-order valence-electron chi connectivity index (χ3n) is 2.30. The topological polar surface area (TPSA) is 58.2 Å². The minimum Gasteiger partial charge on any atom is -0.354 e. The Bertz CT molecular complexity index is 330. The SMILES string of the molecule is CCC(C)NC(=O)CCNC(=O)C(F)(F)C(F)(F)F. The summed E-state index contributed by atoms with van der Waals surface area (Å²) in [5.74, 6) is -8.46. The van der Waals surface area contributed by atoms with Crippen molar-refractivity contribution in [2.45, 2.75) is 44.8 Å². The smallest absolute Gasteiger partial charge is 0.354 e. The lowest BCUT2D eigenvalue weighted by Gasteiger charge is -2.18. The molecule has 112 valence electrons. The number of halogens is 5. The molecule has 2 amide bonds. The molecule has 0 aliphatic heterocycles. The third kappa shape index (κ3) is 5.39. The molecular weight excluding hydrogens is 275 g/mol. The van der Waals surface area contributed by atoms with Gasteiger partial charge in [-0.15, -0.1) is 0 Å². The summed E-state index contributed by atoms with van der Waals surface area (Å²) in [6, 6.07) is -0.139. The van der Waals surface area contributed by atoms with E-state index in [0.29, 0.717) is 6.42 Å². The Morgan fingerprint density at radius 2 is 1.68 bits per heavy atom. The lowest BCUT2D eigenvalue weighted by Crippen LogP contribution is -2.51. The Labute approximate surface area is 106 Å². The van der Waals surface area contributed by atoms with Crippen LogP contribution in [0.4, 0.5) is 22.0 Å². The molecule has 0 bridgehead atoms. The van der Waals surface area contributed by atoms with Crippen molar-refractivity contribution in [3.05, 3.63) is 0 Å². The number of carbonyl (C=O) groups excluding carboxylic acids is 2. The van der Waals surface area contributed by atoms with Crippen molar-refractivity contribution < 1.29 is 31.5 Å². The molecule has 0 aromatic carbocycles. The number of carbonyl (C=O) groups is 2. The lowest BCUT2D eigenvalue weighted by molar-refractivity contribution is -0.269. The summed E-state index contributed by atoms with van der Waals surface area (Å²) in [5.41, 5.74) is 0. The molecule has 4 nitrogen and oxygen atoms in total. The fraction of sp³-hybridized carbons (Fsp3) is 0.800. The van der Waals surface area contributed by atoms with E-state index in [1.807, 2.05) is 0 Å². The van der Waals surface area contributed by atoms with Crippen molar-refractivity contribution in [1.29, 1.82) is 0 Å². The molecule has 9 heteroatoms. The van der Waals surface area contributed by atoms with E-state index < -0.39 is 30.5 Å². The Kier molecular flexibility index (Phi) is 6.17. The molecular formula is C10H15F5N2O2. The van der Waals surface area contributed by atoms with Crippen LogP contribution in [0.25, 0.3) is 0 Å². The minimum absolute atomic E-state index is 0.139. The van der Waals surface area contributed by atoms with E-state index >= 15 is 0 Å². The second-order valence-electron chi connectivity index (χ2n) is 3.95. The Balaban J connectivity index is 4.16. The minimum atomic E-state index is -5.95. The van der Waals surface area contributed by atoms with E-state index in [0.717, 1.165) is 0 Å². The largest absolute Gasteiger partial charge is 0.463 e. The molecule has 0 spiro atoms. The maximum atomic E-state index is 12.5. The normalized spacial score (nSPS) is 13.8. The molecule has 0 saturated heterocycles. The Morgan fingerprint density at radius 1 is 1.16 bits per heavy atom. The standard InChI is InChI=1S/C10H15F5N2O2/c1-3-6(2)17-7(18)4-5-16-8(19)9(11,12)10(13,14)15/h6H,3-5H2,1-2H3,(H,16,19)(H,17,18). The van der Waals surface area contributed by atoms with Crippen molar-refractivity contribution in [1.82, 2.24) is 10.6 Å². The molecule has 19 heavy (non-hydrogen) atoms. The Morgan fingerprint density at radius 3 is 2.11 bits per heavy atom. The first-order chi connectivity index (χ1) is 8.52. The number of rotatable bonds is 6. The van der Waals surface area contributed by atoms with Gasteiger partial charge in [-0.05, 0) is 13.3 Å². The predicted octanol–water partition coefficient (Wildman–Crippen LogP) is 1.60. The van der Waals surface area contributed by atoms with Gasteiger partial charge in [-0.3, -0.25) is 9.59 Å². The van der Waals surface area contributed by atoms with Gasteiger partial charge in [0.15, 0.2) is 0 Å². The van der Waals surface area contributed by atoms with Gasteiger partial charge in [0.25, 0.3) is 5.91 Å². The first kappa shape index (κ1) is 17.6. The highest BCUT2D eigenvalue weighted by Gasteiger charge is 2.63. The summed E-state index contributed by atoms with van der Waals surface area (Å²) in [6.07, 6.45) is -5.68. The van der Waals surface area contributed by atoms with Crippen molar-refractivity contribution in [3.8, 4) is 0 Å². The molecule has 0 aliphatic carbocycles. The molecule has 0 heterocycles. The molecule has 0 aromatic rings. The van der Waals surface area contributed by atoms with Crippen LogP contribution in [0, 0.1) is 0 Å². The van der Waals surface area contributed by atoms with Crippen LogP contribution in [-0.2, 0) is 9.59 Å². The summed E-state index contributed by atoms with van der Waals surface area (Å²) in [7, 11) is 0. The molecule has 0 aromatic heterocycles. The molecule has 1 atom stereocenters. The third-order valence-corrected chi connectivity index (χ3v) is 2.30. The summed E-state index contributed by atoms with van der Waals surface area (Å²) < 4.78 is 60.3. The fourth-order valence-corrected chi connectivity index (χ4v) is 0.978. The summed E-state index contributed by atoms with van der Waals surface area (Å²) in [5, 5.41) is 3.85. The monoisotopic (exact) mass is 290 g/mol. The van der Waals surface area contributed by atoms with Crippen LogP contribution >= 0.6 is 0 Å². The van der Waals surface area contributed by atoms with E-state index in [4.69, 9.17) is 0 Å². The average molecular weight is 290 g/mol. The summed E-state index contributed by atoms with van der Waals surface area (Å²) >= 11 is 0. The molecule has 0 radical (unpaired) electrons. The summed E-state index contributed by atoms with van der Waals surface area (Å²) in [6.45, 7) is 2.91. The first-order valence-corrected chi connectivity index (χ1v) is 5.54.